The van der Waals surface area contributed by atoms with Gasteiger partial charge in [-0.2, -0.15) is 13.2 Å². The Hall–Kier alpha value is -2.31. The van der Waals surface area contributed by atoms with E-state index in [1.54, 1.807) is 0 Å². The van der Waals surface area contributed by atoms with Gasteiger partial charge in [-0.25, -0.2) is 9.59 Å². The molecule has 0 fully saturated rings. The van der Waals surface area contributed by atoms with E-state index in [4.69, 9.17) is 5.11 Å². The molecule has 0 spiro atoms. The number of alkyl halides is 3. The molecule has 0 bridgehead atoms. The van der Waals surface area contributed by atoms with E-state index in [1.807, 2.05) is 0 Å². The molecular formula is C13H11F3O4. The minimum Gasteiger partial charge on any atom is -0.477 e. The first kappa shape index (κ1) is 15.7. The molecule has 1 rings (SSSR count). The number of carboxylic acid groups (broad SMARTS) is 1. The van der Waals surface area contributed by atoms with Crippen LogP contribution < -0.4 is 0 Å². The van der Waals surface area contributed by atoms with Gasteiger partial charge >= 0.3 is 18.1 Å². The Morgan fingerprint density at radius 1 is 1.25 bits per heavy atom. The SMILES string of the molecule is CCOC(=O)/C(=C/c1ccc(C(F)(F)F)cc1)C(=O)O. The zero-order valence-corrected chi connectivity index (χ0v) is 10.4. The van der Waals surface area contributed by atoms with Crippen molar-refractivity contribution in [2.45, 2.75) is 13.1 Å². The van der Waals surface area contributed by atoms with Gasteiger partial charge in [0.15, 0.2) is 0 Å². The third-order valence-electron chi connectivity index (χ3n) is 2.27. The highest BCUT2D eigenvalue weighted by Gasteiger charge is 2.30. The van der Waals surface area contributed by atoms with Crippen molar-refractivity contribution in [1.82, 2.24) is 0 Å². The summed E-state index contributed by atoms with van der Waals surface area (Å²) in [7, 11) is 0. The van der Waals surface area contributed by atoms with Gasteiger partial charge in [0.1, 0.15) is 5.57 Å². The van der Waals surface area contributed by atoms with Gasteiger partial charge in [-0.15, -0.1) is 0 Å². The third kappa shape index (κ3) is 4.11. The smallest absolute Gasteiger partial charge is 0.416 e. The number of carbonyl (C=O) groups excluding carboxylic acids is 1. The molecule has 0 unspecified atom stereocenters. The van der Waals surface area contributed by atoms with E-state index in [0.717, 1.165) is 30.3 Å². The van der Waals surface area contributed by atoms with Crippen molar-refractivity contribution in [2.75, 3.05) is 6.61 Å². The molecule has 0 aliphatic rings. The van der Waals surface area contributed by atoms with E-state index >= 15 is 0 Å². The first-order chi connectivity index (χ1) is 9.25. The van der Waals surface area contributed by atoms with Crippen LogP contribution in [0, 0.1) is 0 Å². The van der Waals surface area contributed by atoms with Crippen LogP contribution >= 0.6 is 0 Å². The van der Waals surface area contributed by atoms with Crippen LogP contribution in [0.25, 0.3) is 6.08 Å². The lowest BCUT2D eigenvalue weighted by Crippen LogP contribution is -2.15. The molecule has 108 valence electrons. The summed E-state index contributed by atoms with van der Waals surface area (Å²) < 4.78 is 41.6. The average molecular weight is 288 g/mol. The van der Waals surface area contributed by atoms with Gasteiger partial charge in [0.25, 0.3) is 0 Å². The molecule has 0 aliphatic carbocycles. The van der Waals surface area contributed by atoms with Gasteiger partial charge in [0, 0.05) is 0 Å². The average Bonchev–Trinajstić information content (AvgIpc) is 2.35. The van der Waals surface area contributed by atoms with E-state index in [9.17, 15) is 22.8 Å². The van der Waals surface area contributed by atoms with E-state index in [-0.39, 0.29) is 12.2 Å². The lowest BCUT2D eigenvalue weighted by atomic mass is 10.1. The maximum atomic E-state index is 12.4. The Balaban J connectivity index is 3.07. The third-order valence-corrected chi connectivity index (χ3v) is 2.27. The van der Waals surface area contributed by atoms with E-state index in [2.05, 4.69) is 4.74 Å². The maximum Gasteiger partial charge on any atom is 0.416 e. The number of esters is 1. The molecule has 7 heteroatoms. The molecule has 0 saturated carbocycles. The van der Waals surface area contributed by atoms with Crippen LogP contribution in [0.2, 0.25) is 0 Å². The van der Waals surface area contributed by atoms with Gasteiger partial charge in [0.05, 0.1) is 12.2 Å². The summed E-state index contributed by atoms with van der Waals surface area (Å²) in [6, 6.07) is 3.75. The number of aliphatic carboxylic acids is 1. The molecule has 1 N–H and O–H groups in total. The number of ether oxygens (including phenoxy) is 1. The topological polar surface area (TPSA) is 63.6 Å². The highest BCUT2D eigenvalue weighted by atomic mass is 19.4. The molecule has 4 nitrogen and oxygen atoms in total. The minimum absolute atomic E-state index is 0.00351. The lowest BCUT2D eigenvalue weighted by molar-refractivity contribution is -0.143. The normalized spacial score (nSPS) is 12.1. The molecular weight excluding hydrogens is 277 g/mol. The van der Waals surface area contributed by atoms with Gasteiger partial charge in [-0.3, -0.25) is 0 Å². The highest BCUT2D eigenvalue weighted by molar-refractivity contribution is 6.16. The standard InChI is InChI=1S/C13H11F3O4/c1-2-20-12(19)10(11(17)18)7-8-3-5-9(6-4-8)13(14,15)16/h3-7H,2H2,1H3,(H,17,18)/b10-7+. The molecule has 0 aliphatic heterocycles. The summed E-state index contributed by atoms with van der Waals surface area (Å²) in [6.07, 6.45) is -3.51. The van der Waals surface area contributed by atoms with E-state index in [1.165, 1.54) is 6.92 Å². The van der Waals surface area contributed by atoms with E-state index < -0.39 is 29.3 Å². The number of carboxylic acids is 1. The monoisotopic (exact) mass is 288 g/mol. The number of halogens is 3. The van der Waals surface area contributed by atoms with E-state index in [0.29, 0.717) is 0 Å². The van der Waals surface area contributed by atoms with Crippen molar-refractivity contribution in [3.8, 4) is 0 Å². The van der Waals surface area contributed by atoms with Crippen molar-refractivity contribution in [3.63, 3.8) is 0 Å². The Labute approximate surface area is 112 Å². The van der Waals surface area contributed by atoms with Gasteiger partial charge in [0.2, 0.25) is 0 Å². The van der Waals surface area contributed by atoms with Crippen molar-refractivity contribution in [3.05, 3.63) is 41.0 Å². The molecule has 1 aromatic carbocycles. The molecule has 0 radical (unpaired) electrons. The molecule has 1 aromatic rings. The van der Waals surface area contributed by atoms with Crippen molar-refractivity contribution in [1.29, 1.82) is 0 Å². The molecule has 0 saturated heterocycles. The van der Waals surface area contributed by atoms with Crippen LogP contribution in [0.3, 0.4) is 0 Å². The molecule has 0 atom stereocenters. The number of carbonyl (C=O) groups is 2. The molecule has 0 aromatic heterocycles. The Morgan fingerprint density at radius 3 is 2.20 bits per heavy atom. The Bertz CT molecular complexity index is 530. The number of hydrogen-bond acceptors (Lipinski definition) is 3. The summed E-state index contributed by atoms with van der Waals surface area (Å²) in [6.45, 7) is 1.51. The number of rotatable bonds is 4. The fourth-order valence-electron chi connectivity index (χ4n) is 1.35. The van der Waals surface area contributed by atoms with Crippen molar-refractivity contribution in [2.24, 2.45) is 0 Å². The predicted octanol–water partition coefficient (Wildman–Crippen LogP) is 2.74. The number of benzene rings is 1. The van der Waals surface area contributed by atoms with Crippen molar-refractivity contribution < 1.29 is 32.6 Å². The van der Waals surface area contributed by atoms with Crippen LogP contribution in [-0.2, 0) is 20.5 Å². The number of hydrogen-bond donors (Lipinski definition) is 1. The van der Waals surface area contributed by atoms with Crippen molar-refractivity contribution >= 4 is 18.0 Å². The molecule has 20 heavy (non-hydrogen) atoms. The Morgan fingerprint density at radius 2 is 1.80 bits per heavy atom. The zero-order valence-electron chi connectivity index (χ0n) is 10.4. The zero-order chi connectivity index (χ0) is 15.3. The highest BCUT2D eigenvalue weighted by Crippen LogP contribution is 2.29. The molecule has 0 amide bonds. The summed E-state index contributed by atoms with van der Waals surface area (Å²) in [4.78, 5) is 22.3. The first-order valence-electron chi connectivity index (χ1n) is 5.55. The van der Waals surface area contributed by atoms with Crippen LogP contribution in [0.15, 0.2) is 29.8 Å². The van der Waals surface area contributed by atoms with Gasteiger partial charge in [-0.05, 0) is 30.7 Å². The van der Waals surface area contributed by atoms with Crippen LogP contribution in [-0.4, -0.2) is 23.7 Å². The summed E-state index contributed by atoms with van der Waals surface area (Å²) in [5.74, 6) is -2.55. The first-order valence-corrected chi connectivity index (χ1v) is 5.55. The fraction of sp³-hybridized carbons (Fsp3) is 0.231. The van der Waals surface area contributed by atoms with Crippen LogP contribution in [0.5, 0.6) is 0 Å². The molecule has 0 heterocycles. The largest absolute Gasteiger partial charge is 0.477 e. The summed E-state index contributed by atoms with van der Waals surface area (Å²) in [5, 5.41) is 8.87. The second-order valence-corrected chi connectivity index (χ2v) is 3.70. The summed E-state index contributed by atoms with van der Waals surface area (Å²) >= 11 is 0. The van der Waals surface area contributed by atoms with Gasteiger partial charge in [-0.1, -0.05) is 12.1 Å². The lowest BCUT2D eigenvalue weighted by Gasteiger charge is -2.06. The quantitative estimate of drug-likeness (QED) is 0.400. The predicted molar refractivity (Wildman–Crippen MR) is 63.7 cm³/mol. The second kappa shape index (κ2) is 6.23. The fourth-order valence-corrected chi connectivity index (χ4v) is 1.35. The maximum absolute atomic E-state index is 12.4. The van der Waals surface area contributed by atoms with Crippen LogP contribution in [0.1, 0.15) is 18.1 Å². The minimum atomic E-state index is -4.47. The Kier molecular flexibility index (Phi) is 4.90. The summed E-state index contributed by atoms with van der Waals surface area (Å²) in [5.41, 5.74) is -1.35. The second-order valence-electron chi connectivity index (χ2n) is 3.70. The van der Waals surface area contributed by atoms with Crippen LogP contribution in [0.4, 0.5) is 13.2 Å². The van der Waals surface area contributed by atoms with Gasteiger partial charge < -0.3 is 9.84 Å².